The van der Waals surface area contributed by atoms with E-state index in [9.17, 15) is 4.79 Å². The number of aryl methyl sites for hydroxylation is 1. The van der Waals surface area contributed by atoms with Gasteiger partial charge in [0.25, 0.3) is 5.91 Å². The number of likely N-dealkylation sites (N-methyl/N-ethyl adjacent to an activating group) is 1. The van der Waals surface area contributed by atoms with E-state index in [1.54, 1.807) is 12.0 Å². The van der Waals surface area contributed by atoms with Crippen LogP contribution in [0.15, 0.2) is 42.5 Å². The van der Waals surface area contributed by atoms with Gasteiger partial charge in [-0.05, 0) is 45.3 Å². The first-order valence-corrected chi connectivity index (χ1v) is 9.27. The number of fused-ring (bicyclic) bond motifs is 1. The minimum absolute atomic E-state index is 0. The zero-order chi connectivity index (χ0) is 18.7. The Balaban J connectivity index is 0.00000261. The Morgan fingerprint density at radius 1 is 1.11 bits per heavy atom. The lowest BCUT2D eigenvalue weighted by molar-refractivity contribution is 0.0985. The molecule has 7 heteroatoms. The van der Waals surface area contributed by atoms with E-state index >= 15 is 0 Å². The van der Waals surface area contributed by atoms with Crippen molar-refractivity contribution < 1.29 is 9.53 Å². The van der Waals surface area contributed by atoms with Crippen LogP contribution in [0.25, 0.3) is 10.2 Å². The number of carbonyl (C=O) groups excluding carboxylic acids is 1. The molecule has 1 aromatic heterocycles. The number of ether oxygens (including phenoxy) is 1. The number of nitrogens with zero attached hydrogens (tertiary/aromatic N) is 3. The maximum absolute atomic E-state index is 13.1. The third kappa shape index (κ3) is 4.97. The molecular weight excluding hydrogens is 382 g/mol. The monoisotopic (exact) mass is 405 g/mol. The highest BCUT2D eigenvalue weighted by Gasteiger charge is 2.21. The predicted octanol–water partition coefficient (Wildman–Crippen LogP) is 4.24. The van der Waals surface area contributed by atoms with Gasteiger partial charge in [-0.25, -0.2) is 4.98 Å². The van der Waals surface area contributed by atoms with Crippen LogP contribution in [0.1, 0.15) is 15.9 Å². The van der Waals surface area contributed by atoms with E-state index in [1.807, 2.05) is 63.5 Å². The largest absolute Gasteiger partial charge is 0.497 e. The summed E-state index contributed by atoms with van der Waals surface area (Å²) in [6.45, 7) is 3.35. The van der Waals surface area contributed by atoms with Crippen molar-refractivity contribution in [3.8, 4) is 5.75 Å². The molecule has 2 aromatic carbocycles. The van der Waals surface area contributed by atoms with E-state index in [0.29, 0.717) is 17.2 Å². The van der Waals surface area contributed by atoms with Crippen LogP contribution >= 0.6 is 23.7 Å². The Morgan fingerprint density at radius 2 is 1.81 bits per heavy atom. The molecule has 0 aliphatic carbocycles. The van der Waals surface area contributed by atoms with Gasteiger partial charge in [0, 0.05) is 24.7 Å². The zero-order valence-electron chi connectivity index (χ0n) is 15.9. The summed E-state index contributed by atoms with van der Waals surface area (Å²) in [5.41, 5.74) is 2.65. The highest BCUT2D eigenvalue weighted by atomic mass is 35.5. The fraction of sp³-hybridized carbons (Fsp3) is 0.300. The summed E-state index contributed by atoms with van der Waals surface area (Å²) in [7, 11) is 5.63. The van der Waals surface area contributed by atoms with E-state index in [-0.39, 0.29) is 18.3 Å². The molecule has 0 unspecified atom stereocenters. The number of methoxy groups -OCH3 is 1. The minimum Gasteiger partial charge on any atom is -0.497 e. The van der Waals surface area contributed by atoms with Crippen LogP contribution in [0, 0.1) is 6.92 Å². The van der Waals surface area contributed by atoms with Gasteiger partial charge in [0.15, 0.2) is 5.13 Å². The van der Waals surface area contributed by atoms with Crippen molar-refractivity contribution in [3.63, 3.8) is 0 Å². The molecule has 0 radical (unpaired) electrons. The molecule has 1 amide bonds. The Labute approximate surface area is 170 Å². The molecule has 3 rings (SSSR count). The standard InChI is InChI=1S/C20H23N3O2S.ClH/c1-14-5-7-15(8-6-14)19(24)23(12-11-22(2)3)20-21-17-13-16(25-4)9-10-18(17)26-20;/h5-10,13H,11-12H2,1-4H3;1H. The Bertz CT molecular complexity index is 909. The molecule has 0 spiro atoms. The van der Waals surface area contributed by atoms with Gasteiger partial charge in [0.05, 0.1) is 17.3 Å². The van der Waals surface area contributed by atoms with Crippen molar-refractivity contribution in [3.05, 3.63) is 53.6 Å². The summed E-state index contributed by atoms with van der Waals surface area (Å²) in [6, 6.07) is 13.5. The number of rotatable bonds is 6. The second kappa shape index (κ2) is 9.17. The summed E-state index contributed by atoms with van der Waals surface area (Å²) in [5, 5.41) is 0.709. The number of carbonyl (C=O) groups is 1. The van der Waals surface area contributed by atoms with E-state index in [2.05, 4.69) is 9.88 Å². The lowest BCUT2D eigenvalue weighted by Crippen LogP contribution is -2.36. The molecule has 5 nitrogen and oxygen atoms in total. The average molecular weight is 406 g/mol. The first-order chi connectivity index (χ1) is 12.5. The summed E-state index contributed by atoms with van der Waals surface area (Å²) in [6.07, 6.45) is 0. The third-order valence-electron chi connectivity index (χ3n) is 4.13. The summed E-state index contributed by atoms with van der Waals surface area (Å²) in [4.78, 5) is 21.6. The van der Waals surface area contributed by atoms with Crippen LogP contribution < -0.4 is 9.64 Å². The van der Waals surface area contributed by atoms with E-state index in [4.69, 9.17) is 4.74 Å². The van der Waals surface area contributed by atoms with E-state index < -0.39 is 0 Å². The molecule has 0 N–H and O–H groups in total. The van der Waals surface area contributed by atoms with Gasteiger partial charge in [-0.2, -0.15) is 0 Å². The summed E-state index contributed by atoms with van der Waals surface area (Å²) >= 11 is 1.52. The Kier molecular flexibility index (Phi) is 7.18. The number of thiazole rings is 1. The summed E-state index contributed by atoms with van der Waals surface area (Å²) < 4.78 is 6.31. The van der Waals surface area contributed by atoms with Crippen LogP contribution in [0.4, 0.5) is 5.13 Å². The predicted molar refractivity (Wildman–Crippen MR) is 115 cm³/mol. The number of amides is 1. The van der Waals surface area contributed by atoms with Crippen LogP contribution in [0.2, 0.25) is 0 Å². The highest BCUT2D eigenvalue weighted by molar-refractivity contribution is 7.22. The van der Waals surface area contributed by atoms with Gasteiger partial charge in [0.1, 0.15) is 5.75 Å². The van der Waals surface area contributed by atoms with Gasteiger partial charge >= 0.3 is 0 Å². The first kappa shape index (κ1) is 21.2. The number of benzene rings is 2. The number of hydrogen-bond acceptors (Lipinski definition) is 5. The van der Waals surface area contributed by atoms with Crippen LogP contribution in [-0.4, -0.2) is 50.1 Å². The van der Waals surface area contributed by atoms with Crippen LogP contribution in [0.3, 0.4) is 0 Å². The lowest BCUT2D eigenvalue weighted by Gasteiger charge is -2.22. The molecular formula is C20H24ClN3O2S. The fourth-order valence-corrected chi connectivity index (χ4v) is 3.54. The second-order valence-corrected chi connectivity index (χ2v) is 7.47. The maximum Gasteiger partial charge on any atom is 0.260 e. The number of anilines is 1. The quantitative estimate of drug-likeness (QED) is 0.615. The number of hydrogen-bond donors (Lipinski definition) is 0. The summed E-state index contributed by atoms with van der Waals surface area (Å²) in [5.74, 6) is 0.733. The van der Waals surface area contributed by atoms with Crippen molar-refractivity contribution in [1.82, 2.24) is 9.88 Å². The van der Waals surface area contributed by atoms with Crippen molar-refractivity contribution >= 4 is 45.0 Å². The van der Waals surface area contributed by atoms with E-state index in [0.717, 1.165) is 28.1 Å². The van der Waals surface area contributed by atoms with Crippen LogP contribution in [0.5, 0.6) is 5.75 Å². The fourth-order valence-electron chi connectivity index (χ4n) is 2.57. The number of halogens is 1. The molecule has 0 bridgehead atoms. The zero-order valence-corrected chi connectivity index (χ0v) is 17.6. The maximum atomic E-state index is 13.1. The van der Waals surface area contributed by atoms with Gasteiger partial charge in [-0.15, -0.1) is 12.4 Å². The second-order valence-electron chi connectivity index (χ2n) is 6.46. The molecule has 1 heterocycles. The average Bonchev–Trinajstić information content (AvgIpc) is 3.04. The van der Waals surface area contributed by atoms with Crippen molar-refractivity contribution in [2.24, 2.45) is 0 Å². The highest BCUT2D eigenvalue weighted by Crippen LogP contribution is 2.31. The SMILES string of the molecule is COc1ccc2sc(N(CCN(C)C)C(=O)c3ccc(C)cc3)nc2c1.Cl. The molecule has 144 valence electrons. The minimum atomic E-state index is -0.0297. The molecule has 0 atom stereocenters. The molecule has 27 heavy (non-hydrogen) atoms. The molecule has 3 aromatic rings. The number of aromatic nitrogens is 1. The van der Waals surface area contributed by atoms with Gasteiger partial charge < -0.3 is 9.64 Å². The Morgan fingerprint density at radius 3 is 2.44 bits per heavy atom. The van der Waals surface area contributed by atoms with Gasteiger partial charge in [0.2, 0.25) is 0 Å². The molecule has 0 saturated heterocycles. The first-order valence-electron chi connectivity index (χ1n) is 8.46. The van der Waals surface area contributed by atoms with E-state index in [1.165, 1.54) is 11.3 Å². The van der Waals surface area contributed by atoms with Crippen molar-refractivity contribution in [1.29, 1.82) is 0 Å². The smallest absolute Gasteiger partial charge is 0.260 e. The molecule has 0 aliphatic rings. The van der Waals surface area contributed by atoms with Crippen molar-refractivity contribution in [2.45, 2.75) is 6.92 Å². The lowest BCUT2D eigenvalue weighted by atomic mass is 10.1. The topological polar surface area (TPSA) is 45.7 Å². The Hall–Kier alpha value is -2.15. The molecule has 0 saturated carbocycles. The van der Waals surface area contributed by atoms with Crippen LogP contribution in [-0.2, 0) is 0 Å². The molecule has 0 fully saturated rings. The van der Waals surface area contributed by atoms with Gasteiger partial charge in [-0.3, -0.25) is 9.69 Å². The third-order valence-corrected chi connectivity index (χ3v) is 5.19. The van der Waals surface area contributed by atoms with Crippen molar-refractivity contribution in [2.75, 3.05) is 39.2 Å². The molecule has 0 aliphatic heterocycles. The van der Waals surface area contributed by atoms with Gasteiger partial charge in [-0.1, -0.05) is 29.0 Å². The normalized spacial score (nSPS) is 10.7.